The Labute approximate surface area is 141 Å². The van der Waals surface area contributed by atoms with Gasteiger partial charge in [0.2, 0.25) is 0 Å². The maximum absolute atomic E-state index is 3.85. The molecular formula is C17H27BrN2S. The molecule has 1 saturated carbocycles. The minimum atomic E-state index is 0.430. The maximum Gasteiger partial charge on any atom is 0.0338 e. The molecule has 0 aromatic carbocycles. The number of piperazine rings is 1. The smallest absolute Gasteiger partial charge is 0.0338 e. The van der Waals surface area contributed by atoms with Gasteiger partial charge in [0.25, 0.3) is 0 Å². The summed E-state index contributed by atoms with van der Waals surface area (Å²) in [6, 6.07) is 2.99. The lowest BCUT2D eigenvalue weighted by atomic mass is 9.78. The van der Waals surface area contributed by atoms with Gasteiger partial charge in [0.1, 0.15) is 0 Å². The van der Waals surface area contributed by atoms with Crippen LogP contribution in [-0.2, 0) is 6.54 Å². The molecule has 1 spiro atoms. The first-order valence-corrected chi connectivity index (χ1v) is 10.1. The van der Waals surface area contributed by atoms with Crippen molar-refractivity contribution in [3.05, 3.63) is 20.8 Å². The molecule has 3 rings (SSSR count). The summed E-state index contributed by atoms with van der Waals surface area (Å²) >= 11 is 5.50. The molecule has 1 aliphatic carbocycles. The van der Waals surface area contributed by atoms with Crippen LogP contribution >= 0.6 is 27.3 Å². The summed E-state index contributed by atoms with van der Waals surface area (Å²) in [7, 11) is 0. The first-order chi connectivity index (χ1) is 10.2. The van der Waals surface area contributed by atoms with Crippen LogP contribution in [0.2, 0.25) is 0 Å². The SMILES string of the molecule is CCCC1CN(Cc2cc(Br)cs2)C2(CCCCC2)CN1. The monoisotopic (exact) mass is 370 g/mol. The van der Waals surface area contributed by atoms with E-state index in [2.05, 4.69) is 44.5 Å². The van der Waals surface area contributed by atoms with Crippen LogP contribution in [-0.4, -0.2) is 29.6 Å². The van der Waals surface area contributed by atoms with Crippen LogP contribution in [0.25, 0.3) is 0 Å². The molecule has 0 radical (unpaired) electrons. The number of nitrogens with one attached hydrogen (secondary N) is 1. The van der Waals surface area contributed by atoms with Crippen molar-refractivity contribution in [3.63, 3.8) is 0 Å². The second-order valence-corrected chi connectivity index (χ2v) is 8.67. The Morgan fingerprint density at radius 1 is 1.38 bits per heavy atom. The highest BCUT2D eigenvalue weighted by Crippen LogP contribution is 2.37. The van der Waals surface area contributed by atoms with E-state index < -0.39 is 0 Å². The van der Waals surface area contributed by atoms with Crippen molar-refractivity contribution >= 4 is 27.3 Å². The molecule has 1 unspecified atom stereocenters. The Balaban J connectivity index is 1.75. The fourth-order valence-electron chi connectivity index (χ4n) is 4.07. The van der Waals surface area contributed by atoms with Crippen molar-refractivity contribution in [1.82, 2.24) is 10.2 Å². The average Bonchev–Trinajstić information content (AvgIpc) is 2.90. The molecule has 118 valence electrons. The summed E-state index contributed by atoms with van der Waals surface area (Å²) in [5, 5.41) is 6.07. The largest absolute Gasteiger partial charge is 0.311 e. The first kappa shape index (κ1) is 16.0. The molecule has 2 aliphatic rings. The highest BCUT2D eigenvalue weighted by Gasteiger charge is 2.41. The standard InChI is InChI=1S/C17H27BrN2S/c1-2-6-15-10-20(11-16-9-14(18)12-21-16)17(13-19-15)7-4-3-5-8-17/h9,12,15,19H,2-8,10-11,13H2,1H3. The van der Waals surface area contributed by atoms with Crippen LogP contribution in [0.5, 0.6) is 0 Å². The van der Waals surface area contributed by atoms with E-state index in [-0.39, 0.29) is 0 Å². The van der Waals surface area contributed by atoms with Gasteiger partial charge < -0.3 is 5.32 Å². The van der Waals surface area contributed by atoms with E-state index in [0.717, 1.165) is 6.54 Å². The number of hydrogen-bond donors (Lipinski definition) is 1. The van der Waals surface area contributed by atoms with Crippen LogP contribution < -0.4 is 5.32 Å². The molecule has 0 bridgehead atoms. The number of hydrogen-bond acceptors (Lipinski definition) is 3. The summed E-state index contributed by atoms with van der Waals surface area (Å²) in [4.78, 5) is 4.32. The van der Waals surface area contributed by atoms with Gasteiger partial charge in [0, 0.05) is 45.9 Å². The first-order valence-electron chi connectivity index (χ1n) is 8.43. The van der Waals surface area contributed by atoms with Crippen LogP contribution in [0.15, 0.2) is 15.9 Å². The zero-order valence-corrected chi connectivity index (χ0v) is 15.4. The van der Waals surface area contributed by atoms with Gasteiger partial charge in [0.05, 0.1) is 0 Å². The predicted octanol–water partition coefficient (Wildman–Crippen LogP) is 4.79. The van der Waals surface area contributed by atoms with E-state index in [0.29, 0.717) is 11.6 Å². The average molecular weight is 371 g/mol. The molecular weight excluding hydrogens is 344 g/mol. The second-order valence-electron chi connectivity index (χ2n) is 6.76. The Bertz CT molecular complexity index is 453. The topological polar surface area (TPSA) is 15.3 Å². The highest BCUT2D eigenvalue weighted by atomic mass is 79.9. The van der Waals surface area contributed by atoms with Gasteiger partial charge in [-0.25, -0.2) is 0 Å². The number of rotatable bonds is 4. The fourth-order valence-corrected chi connectivity index (χ4v) is 5.54. The molecule has 1 saturated heterocycles. The van der Waals surface area contributed by atoms with Crippen molar-refractivity contribution in [2.75, 3.05) is 13.1 Å². The van der Waals surface area contributed by atoms with Crippen LogP contribution in [0, 0.1) is 0 Å². The normalized spacial score (nSPS) is 26.3. The maximum atomic E-state index is 3.85. The van der Waals surface area contributed by atoms with Gasteiger partial charge >= 0.3 is 0 Å². The van der Waals surface area contributed by atoms with Gasteiger partial charge in [-0.15, -0.1) is 11.3 Å². The zero-order chi connectivity index (χ0) is 14.7. The van der Waals surface area contributed by atoms with Crippen molar-refractivity contribution in [3.8, 4) is 0 Å². The highest BCUT2D eigenvalue weighted by molar-refractivity contribution is 9.10. The third-order valence-electron chi connectivity index (χ3n) is 5.22. The Morgan fingerprint density at radius 3 is 2.86 bits per heavy atom. The minimum Gasteiger partial charge on any atom is -0.311 e. The summed E-state index contributed by atoms with van der Waals surface area (Å²) in [6.45, 7) is 5.86. The molecule has 1 aromatic heterocycles. The summed E-state index contributed by atoms with van der Waals surface area (Å²) in [6.07, 6.45) is 9.59. The van der Waals surface area contributed by atoms with Gasteiger partial charge in [-0.1, -0.05) is 32.6 Å². The molecule has 1 aliphatic heterocycles. The van der Waals surface area contributed by atoms with E-state index in [1.165, 1.54) is 67.4 Å². The number of halogens is 1. The van der Waals surface area contributed by atoms with Gasteiger partial charge in [-0.05, 0) is 41.3 Å². The van der Waals surface area contributed by atoms with E-state index in [4.69, 9.17) is 0 Å². The van der Waals surface area contributed by atoms with Gasteiger partial charge in [-0.3, -0.25) is 4.90 Å². The molecule has 2 nitrogen and oxygen atoms in total. The van der Waals surface area contributed by atoms with Crippen molar-refractivity contribution in [2.24, 2.45) is 0 Å². The Morgan fingerprint density at radius 2 is 2.19 bits per heavy atom. The van der Waals surface area contributed by atoms with E-state index >= 15 is 0 Å². The molecule has 0 amide bonds. The zero-order valence-electron chi connectivity index (χ0n) is 13.0. The molecule has 2 fully saturated rings. The molecule has 2 heterocycles. The van der Waals surface area contributed by atoms with Crippen LogP contribution in [0.4, 0.5) is 0 Å². The lowest BCUT2D eigenvalue weighted by Crippen LogP contribution is -2.64. The molecule has 1 aromatic rings. The fraction of sp³-hybridized carbons (Fsp3) is 0.765. The lowest BCUT2D eigenvalue weighted by molar-refractivity contribution is 0.00260. The third-order valence-corrected chi connectivity index (χ3v) is 6.90. The van der Waals surface area contributed by atoms with E-state index in [9.17, 15) is 0 Å². The molecule has 1 N–H and O–H groups in total. The predicted molar refractivity (Wildman–Crippen MR) is 94.9 cm³/mol. The van der Waals surface area contributed by atoms with Crippen molar-refractivity contribution in [1.29, 1.82) is 0 Å². The van der Waals surface area contributed by atoms with E-state index in [1.807, 2.05) is 11.3 Å². The number of nitrogens with zero attached hydrogens (tertiary/aromatic N) is 1. The molecule has 1 atom stereocenters. The van der Waals surface area contributed by atoms with Crippen molar-refractivity contribution < 1.29 is 0 Å². The minimum absolute atomic E-state index is 0.430. The summed E-state index contributed by atoms with van der Waals surface area (Å²) < 4.78 is 1.24. The van der Waals surface area contributed by atoms with Crippen molar-refractivity contribution in [2.45, 2.75) is 70.0 Å². The lowest BCUT2D eigenvalue weighted by Gasteiger charge is -2.52. The Kier molecular flexibility index (Phi) is 5.41. The molecule has 4 heteroatoms. The second kappa shape index (κ2) is 7.12. The van der Waals surface area contributed by atoms with E-state index in [1.54, 1.807) is 0 Å². The molecule has 21 heavy (non-hydrogen) atoms. The number of thiophene rings is 1. The quantitative estimate of drug-likeness (QED) is 0.819. The van der Waals surface area contributed by atoms with Gasteiger partial charge in [0.15, 0.2) is 0 Å². The third kappa shape index (κ3) is 3.72. The van der Waals surface area contributed by atoms with Gasteiger partial charge in [-0.2, -0.15) is 0 Å². The Hall–Kier alpha value is 0.1000. The van der Waals surface area contributed by atoms with Crippen LogP contribution in [0.1, 0.15) is 56.7 Å². The van der Waals surface area contributed by atoms with Crippen LogP contribution in [0.3, 0.4) is 0 Å². The summed E-state index contributed by atoms with van der Waals surface area (Å²) in [5.74, 6) is 0. The summed E-state index contributed by atoms with van der Waals surface area (Å²) in [5.41, 5.74) is 0.430.